The fourth-order valence-corrected chi connectivity index (χ4v) is 5.03. The van der Waals surface area contributed by atoms with Crippen molar-refractivity contribution in [2.75, 3.05) is 22.9 Å². The third-order valence-electron chi connectivity index (χ3n) is 7.38. The second kappa shape index (κ2) is 21.7. The molecule has 0 aliphatic rings. The van der Waals surface area contributed by atoms with Gasteiger partial charge >= 0.3 is 0 Å². The number of nitrogens with zero attached hydrogens (tertiary/aromatic N) is 2. The van der Waals surface area contributed by atoms with E-state index in [4.69, 9.17) is 0 Å². The molecule has 218 valence electrons. The summed E-state index contributed by atoms with van der Waals surface area (Å²) in [5, 5.41) is 0. The van der Waals surface area contributed by atoms with E-state index in [9.17, 15) is 9.59 Å². The Bertz CT molecular complexity index is 878. The number of para-hydroxylation sites is 2. The highest BCUT2D eigenvalue weighted by Gasteiger charge is 2.20. The van der Waals surface area contributed by atoms with E-state index in [0.717, 1.165) is 49.9 Å². The van der Waals surface area contributed by atoms with E-state index in [1.165, 1.54) is 51.4 Å². The number of carbonyl (C=O) groups is 2. The lowest BCUT2D eigenvalue weighted by Gasteiger charge is -2.28. The summed E-state index contributed by atoms with van der Waals surface area (Å²) in [5.41, 5.74) is 1.79. The van der Waals surface area contributed by atoms with Crippen LogP contribution in [-0.4, -0.2) is 24.9 Å². The van der Waals surface area contributed by atoms with Gasteiger partial charge in [0.05, 0.1) is 0 Å². The number of hydrogen-bond acceptors (Lipinski definition) is 2. The minimum atomic E-state index is 0.134. The molecule has 2 rings (SSSR count). The lowest BCUT2D eigenvalue weighted by atomic mass is 10.1. The van der Waals surface area contributed by atoms with Crippen molar-refractivity contribution in [1.29, 1.82) is 0 Å². The number of allylic oxidation sites excluding steroid dienone is 2. The van der Waals surface area contributed by atoms with Gasteiger partial charge in [0, 0.05) is 37.3 Å². The number of rotatable bonds is 23. The largest absolute Gasteiger partial charge is 0.311 e. The maximum atomic E-state index is 13.4. The van der Waals surface area contributed by atoms with Gasteiger partial charge in [0.2, 0.25) is 11.8 Å². The van der Waals surface area contributed by atoms with Crippen LogP contribution < -0.4 is 9.80 Å². The highest BCUT2D eigenvalue weighted by atomic mass is 16.2. The molecule has 0 saturated heterocycles. The maximum Gasteiger partial charge on any atom is 0.227 e. The van der Waals surface area contributed by atoms with Gasteiger partial charge in [-0.25, -0.2) is 0 Å². The van der Waals surface area contributed by atoms with Crippen LogP contribution in [0, 0.1) is 0 Å². The van der Waals surface area contributed by atoms with Crippen molar-refractivity contribution in [3.63, 3.8) is 0 Å². The molecule has 0 aliphatic heterocycles. The van der Waals surface area contributed by atoms with Crippen LogP contribution in [0.1, 0.15) is 103 Å². The number of carbonyl (C=O) groups excluding carboxylic acids is 2. The maximum absolute atomic E-state index is 13.4. The summed E-state index contributed by atoms with van der Waals surface area (Å²) in [5.74, 6) is 0.268. The van der Waals surface area contributed by atoms with Gasteiger partial charge in [0.25, 0.3) is 0 Å². The number of anilines is 2. The summed E-state index contributed by atoms with van der Waals surface area (Å²) in [7, 11) is 0. The number of benzene rings is 2. The first-order valence-corrected chi connectivity index (χ1v) is 15.6. The second-order valence-electron chi connectivity index (χ2n) is 10.7. The van der Waals surface area contributed by atoms with Crippen molar-refractivity contribution in [2.24, 2.45) is 0 Å². The molecule has 4 nitrogen and oxygen atoms in total. The number of unbranched alkanes of at least 4 members (excludes halogenated alkanes) is 12. The lowest BCUT2D eigenvalue weighted by molar-refractivity contribution is -0.120. The number of hydrogen-bond donors (Lipinski definition) is 0. The SMILES string of the molecule is C=CCCCCCCCCC(=O)N(CCN(C(=O)CCCCCCCCC=C)c1ccccc1)c1ccccc1. The molecule has 2 aromatic carbocycles. The molecule has 0 N–H and O–H groups in total. The summed E-state index contributed by atoms with van der Waals surface area (Å²) in [6.07, 6.45) is 20.8. The molecule has 40 heavy (non-hydrogen) atoms. The van der Waals surface area contributed by atoms with Gasteiger partial charge < -0.3 is 9.80 Å². The molecule has 0 unspecified atom stereocenters. The highest BCUT2D eigenvalue weighted by Crippen LogP contribution is 2.20. The molecule has 0 spiro atoms. The molecule has 0 heterocycles. The predicted octanol–water partition coefficient (Wildman–Crippen LogP) is 9.67. The van der Waals surface area contributed by atoms with Crippen LogP contribution in [0.4, 0.5) is 11.4 Å². The first-order chi connectivity index (χ1) is 19.7. The Labute approximate surface area is 244 Å². The summed E-state index contributed by atoms with van der Waals surface area (Å²) >= 11 is 0. The highest BCUT2D eigenvalue weighted by molar-refractivity contribution is 5.95. The quantitative estimate of drug-likeness (QED) is 0.103. The first-order valence-electron chi connectivity index (χ1n) is 15.6. The summed E-state index contributed by atoms with van der Waals surface area (Å²) in [6, 6.07) is 19.8. The van der Waals surface area contributed by atoms with Crippen LogP contribution in [0.25, 0.3) is 0 Å². The minimum Gasteiger partial charge on any atom is -0.311 e. The Balaban J connectivity index is 1.93. The topological polar surface area (TPSA) is 40.6 Å². The van der Waals surface area contributed by atoms with Crippen molar-refractivity contribution in [1.82, 2.24) is 0 Å². The Morgan fingerprint density at radius 2 is 0.825 bits per heavy atom. The molecule has 0 atom stereocenters. The van der Waals surface area contributed by atoms with Crippen LogP contribution in [-0.2, 0) is 9.59 Å². The van der Waals surface area contributed by atoms with Crippen LogP contribution in [0.3, 0.4) is 0 Å². The van der Waals surface area contributed by atoms with Gasteiger partial charge in [-0.15, -0.1) is 13.2 Å². The van der Waals surface area contributed by atoms with Crippen molar-refractivity contribution >= 4 is 23.2 Å². The molecule has 0 aromatic heterocycles. The molecule has 0 aliphatic carbocycles. The average molecular weight is 545 g/mol. The predicted molar refractivity (Wildman–Crippen MR) is 172 cm³/mol. The van der Waals surface area contributed by atoms with E-state index >= 15 is 0 Å². The zero-order valence-electron chi connectivity index (χ0n) is 24.8. The van der Waals surface area contributed by atoms with E-state index in [0.29, 0.717) is 25.9 Å². The molecule has 0 radical (unpaired) electrons. The van der Waals surface area contributed by atoms with Crippen molar-refractivity contribution in [2.45, 2.75) is 103 Å². The zero-order chi connectivity index (χ0) is 28.7. The molecule has 0 saturated carbocycles. The van der Waals surface area contributed by atoms with E-state index in [-0.39, 0.29) is 11.8 Å². The Hall–Kier alpha value is -3.14. The van der Waals surface area contributed by atoms with E-state index in [2.05, 4.69) is 13.2 Å². The summed E-state index contributed by atoms with van der Waals surface area (Å²) in [6.45, 7) is 8.53. The van der Waals surface area contributed by atoms with E-state index in [1.807, 2.05) is 82.6 Å². The van der Waals surface area contributed by atoms with Gasteiger partial charge in [-0.3, -0.25) is 9.59 Å². The van der Waals surface area contributed by atoms with Crippen molar-refractivity contribution < 1.29 is 9.59 Å². The lowest BCUT2D eigenvalue weighted by Crippen LogP contribution is -2.41. The van der Waals surface area contributed by atoms with E-state index < -0.39 is 0 Å². The molecule has 0 fully saturated rings. The van der Waals surface area contributed by atoms with Gasteiger partial charge in [0.15, 0.2) is 0 Å². The molecule has 0 bridgehead atoms. The minimum absolute atomic E-state index is 0.134. The van der Waals surface area contributed by atoms with Crippen LogP contribution in [0.15, 0.2) is 86.0 Å². The molecule has 4 heteroatoms. The van der Waals surface area contributed by atoms with Gasteiger partial charge in [-0.2, -0.15) is 0 Å². The van der Waals surface area contributed by atoms with Gasteiger partial charge in [-0.05, 0) is 62.8 Å². The normalized spacial score (nSPS) is 10.7. The molecular formula is C36H52N2O2. The molecule has 2 aromatic rings. The average Bonchev–Trinajstić information content (AvgIpc) is 2.98. The van der Waals surface area contributed by atoms with Crippen molar-refractivity contribution in [3.05, 3.63) is 86.0 Å². The monoisotopic (exact) mass is 544 g/mol. The van der Waals surface area contributed by atoms with Gasteiger partial charge in [-0.1, -0.05) is 99.9 Å². The Morgan fingerprint density at radius 1 is 0.500 bits per heavy atom. The molecular weight excluding hydrogens is 492 g/mol. The number of amides is 2. The first kappa shape index (κ1) is 33.1. The fraction of sp³-hybridized carbons (Fsp3) is 0.500. The smallest absolute Gasteiger partial charge is 0.227 e. The third-order valence-corrected chi connectivity index (χ3v) is 7.38. The van der Waals surface area contributed by atoms with Crippen LogP contribution in [0.2, 0.25) is 0 Å². The summed E-state index contributed by atoms with van der Waals surface area (Å²) < 4.78 is 0. The third kappa shape index (κ3) is 13.8. The summed E-state index contributed by atoms with van der Waals surface area (Å²) in [4.78, 5) is 30.5. The van der Waals surface area contributed by atoms with E-state index in [1.54, 1.807) is 0 Å². The second-order valence-corrected chi connectivity index (χ2v) is 10.7. The Morgan fingerprint density at radius 3 is 1.18 bits per heavy atom. The van der Waals surface area contributed by atoms with Crippen LogP contribution >= 0.6 is 0 Å². The molecule has 2 amide bonds. The standard InChI is InChI=1S/C36H52N2O2/c1-3-5-7-9-11-13-15-23-29-35(39)37(33-25-19-17-20-26-33)31-32-38(34-27-21-18-22-28-34)36(40)30-24-16-14-12-10-8-6-4-2/h3-4,17-22,25-28H,1-2,5-16,23-24,29-32H2. The van der Waals surface area contributed by atoms with Crippen LogP contribution in [0.5, 0.6) is 0 Å². The Kier molecular flexibility index (Phi) is 17.9. The zero-order valence-corrected chi connectivity index (χ0v) is 24.8. The van der Waals surface area contributed by atoms with Crippen molar-refractivity contribution in [3.8, 4) is 0 Å². The fourth-order valence-electron chi connectivity index (χ4n) is 5.03. The van der Waals surface area contributed by atoms with Gasteiger partial charge in [0.1, 0.15) is 0 Å².